The van der Waals surface area contributed by atoms with E-state index in [4.69, 9.17) is 11.6 Å². The Labute approximate surface area is 77.7 Å². The van der Waals surface area contributed by atoms with Crippen LogP contribution in [-0.4, -0.2) is 12.0 Å². The predicted molar refractivity (Wildman–Crippen MR) is 43.8 cm³/mol. The molecule has 0 atom stereocenters. The lowest BCUT2D eigenvalue weighted by molar-refractivity contribution is -0.137. The van der Waals surface area contributed by atoms with Crippen LogP contribution in [0.1, 0.15) is 5.56 Å². The third kappa shape index (κ3) is 2.24. The van der Waals surface area contributed by atoms with E-state index in [0.717, 1.165) is 6.07 Å². The summed E-state index contributed by atoms with van der Waals surface area (Å²) in [5, 5.41) is 2.54. The van der Waals surface area contributed by atoms with Crippen LogP contribution in [0.2, 0.25) is 5.15 Å². The van der Waals surface area contributed by atoms with Crippen molar-refractivity contribution in [2.24, 2.45) is 0 Å². The topological polar surface area (TPSA) is 24.9 Å². The van der Waals surface area contributed by atoms with Gasteiger partial charge < -0.3 is 5.32 Å². The molecule has 1 aromatic rings. The van der Waals surface area contributed by atoms with Gasteiger partial charge in [0, 0.05) is 13.2 Å². The van der Waals surface area contributed by atoms with Crippen LogP contribution in [-0.2, 0) is 6.18 Å². The standard InChI is InChI=1S/C7H6ClF3N2/c1-12-5-2-4(7(9,10)11)3-13-6(5)8/h2-3,12H,1H3. The van der Waals surface area contributed by atoms with Gasteiger partial charge in [-0.25, -0.2) is 4.98 Å². The minimum Gasteiger partial charge on any atom is -0.386 e. The molecule has 0 aliphatic carbocycles. The summed E-state index contributed by atoms with van der Waals surface area (Å²) in [6.45, 7) is 0. The Balaban J connectivity index is 3.14. The molecule has 0 bridgehead atoms. The van der Waals surface area contributed by atoms with Crippen molar-refractivity contribution in [3.63, 3.8) is 0 Å². The lowest BCUT2D eigenvalue weighted by Crippen LogP contribution is -2.06. The first-order valence-electron chi connectivity index (χ1n) is 3.35. The van der Waals surface area contributed by atoms with Gasteiger partial charge in [0.2, 0.25) is 0 Å². The zero-order valence-electron chi connectivity index (χ0n) is 6.61. The van der Waals surface area contributed by atoms with E-state index < -0.39 is 11.7 Å². The zero-order valence-corrected chi connectivity index (χ0v) is 7.37. The molecule has 0 aromatic carbocycles. The summed E-state index contributed by atoms with van der Waals surface area (Å²) in [4.78, 5) is 3.40. The number of rotatable bonds is 1. The second-order valence-corrected chi connectivity index (χ2v) is 2.67. The molecule has 0 saturated heterocycles. The quantitative estimate of drug-likeness (QED) is 0.721. The van der Waals surface area contributed by atoms with E-state index in [1.165, 1.54) is 7.05 Å². The van der Waals surface area contributed by atoms with Gasteiger partial charge in [0.25, 0.3) is 0 Å². The van der Waals surface area contributed by atoms with Crippen LogP contribution >= 0.6 is 11.6 Å². The molecule has 2 nitrogen and oxygen atoms in total. The van der Waals surface area contributed by atoms with Gasteiger partial charge in [0.15, 0.2) is 5.15 Å². The van der Waals surface area contributed by atoms with E-state index >= 15 is 0 Å². The van der Waals surface area contributed by atoms with Crippen molar-refractivity contribution >= 4 is 17.3 Å². The SMILES string of the molecule is CNc1cc(C(F)(F)F)cnc1Cl. The van der Waals surface area contributed by atoms with Gasteiger partial charge in [-0.1, -0.05) is 11.6 Å². The molecule has 0 unspecified atom stereocenters. The maximum absolute atomic E-state index is 12.1. The molecule has 6 heteroatoms. The van der Waals surface area contributed by atoms with Crippen molar-refractivity contribution in [3.05, 3.63) is 23.0 Å². The maximum Gasteiger partial charge on any atom is 0.417 e. The van der Waals surface area contributed by atoms with Crippen molar-refractivity contribution in [1.29, 1.82) is 0 Å². The fraction of sp³-hybridized carbons (Fsp3) is 0.286. The molecule has 72 valence electrons. The van der Waals surface area contributed by atoms with Crippen molar-refractivity contribution < 1.29 is 13.2 Å². The summed E-state index contributed by atoms with van der Waals surface area (Å²) < 4.78 is 36.4. The van der Waals surface area contributed by atoms with Crippen LogP contribution in [0.5, 0.6) is 0 Å². The van der Waals surface area contributed by atoms with Gasteiger partial charge in [-0.3, -0.25) is 0 Å². The van der Waals surface area contributed by atoms with E-state index in [2.05, 4.69) is 10.3 Å². The number of nitrogens with one attached hydrogen (secondary N) is 1. The number of pyridine rings is 1. The summed E-state index contributed by atoms with van der Waals surface area (Å²) in [6.07, 6.45) is -3.69. The fourth-order valence-electron chi connectivity index (χ4n) is 0.778. The first kappa shape index (κ1) is 10.1. The molecular formula is C7H6ClF3N2. The van der Waals surface area contributed by atoms with E-state index in [9.17, 15) is 13.2 Å². The highest BCUT2D eigenvalue weighted by molar-refractivity contribution is 6.31. The summed E-state index contributed by atoms with van der Waals surface area (Å²) >= 11 is 5.51. The minimum atomic E-state index is -4.39. The average molecular weight is 211 g/mol. The second-order valence-electron chi connectivity index (χ2n) is 2.31. The highest BCUT2D eigenvalue weighted by atomic mass is 35.5. The number of alkyl halides is 3. The molecule has 0 aliphatic heterocycles. The average Bonchev–Trinajstić information content (AvgIpc) is 2.03. The Morgan fingerprint density at radius 2 is 2.08 bits per heavy atom. The molecular weight excluding hydrogens is 205 g/mol. The van der Waals surface area contributed by atoms with Crippen molar-refractivity contribution in [1.82, 2.24) is 4.98 Å². The summed E-state index contributed by atoms with van der Waals surface area (Å²) in [6, 6.07) is 0.912. The smallest absolute Gasteiger partial charge is 0.386 e. The predicted octanol–water partition coefficient (Wildman–Crippen LogP) is 2.80. The molecule has 0 spiro atoms. The van der Waals surface area contributed by atoms with Crippen LogP contribution in [0.25, 0.3) is 0 Å². The van der Waals surface area contributed by atoms with E-state index in [-0.39, 0.29) is 10.8 Å². The Kier molecular flexibility index (Phi) is 2.66. The van der Waals surface area contributed by atoms with E-state index in [1.54, 1.807) is 0 Å². The Bertz CT molecular complexity index is 311. The maximum atomic E-state index is 12.1. The Hall–Kier alpha value is -0.970. The normalized spacial score (nSPS) is 11.5. The van der Waals surface area contributed by atoms with Crippen LogP contribution in [0.3, 0.4) is 0 Å². The number of anilines is 1. The highest BCUT2D eigenvalue weighted by Gasteiger charge is 2.31. The highest BCUT2D eigenvalue weighted by Crippen LogP contribution is 2.32. The Morgan fingerprint density at radius 1 is 1.46 bits per heavy atom. The molecule has 1 N–H and O–H groups in total. The largest absolute Gasteiger partial charge is 0.417 e. The molecule has 0 amide bonds. The molecule has 0 fully saturated rings. The number of hydrogen-bond donors (Lipinski definition) is 1. The van der Waals surface area contributed by atoms with Gasteiger partial charge >= 0.3 is 6.18 Å². The third-order valence-corrected chi connectivity index (χ3v) is 1.74. The monoisotopic (exact) mass is 210 g/mol. The van der Waals surface area contributed by atoms with Gasteiger partial charge in [-0.05, 0) is 6.07 Å². The van der Waals surface area contributed by atoms with Gasteiger partial charge in [-0.15, -0.1) is 0 Å². The van der Waals surface area contributed by atoms with Crippen LogP contribution in [0.15, 0.2) is 12.3 Å². The number of aromatic nitrogens is 1. The number of halogens is 4. The molecule has 1 aromatic heterocycles. The van der Waals surface area contributed by atoms with E-state index in [0.29, 0.717) is 6.20 Å². The zero-order chi connectivity index (χ0) is 10.1. The van der Waals surface area contributed by atoms with E-state index in [1.807, 2.05) is 0 Å². The molecule has 13 heavy (non-hydrogen) atoms. The van der Waals surface area contributed by atoms with Crippen molar-refractivity contribution in [3.8, 4) is 0 Å². The van der Waals surface area contributed by atoms with Crippen molar-refractivity contribution in [2.45, 2.75) is 6.18 Å². The molecule has 0 saturated carbocycles. The first-order valence-corrected chi connectivity index (χ1v) is 3.73. The molecule has 0 aliphatic rings. The first-order chi connectivity index (χ1) is 5.95. The summed E-state index contributed by atoms with van der Waals surface area (Å²) in [7, 11) is 1.48. The van der Waals surface area contributed by atoms with Crippen molar-refractivity contribution in [2.75, 3.05) is 12.4 Å². The molecule has 0 radical (unpaired) electrons. The minimum absolute atomic E-state index is 0.0236. The number of hydrogen-bond acceptors (Lipinski definition) is 2. The molecule has 1 rings (SSSR count). The van der Waals surface area contributed by atoms with Crippen LogP contribution in [0.4, 0.5) is 18.9 Å². The summed E-state index contributed by atoms with van der Waals surface area (Å²) in [5.74, 6) is 0. The third-order valence-electron chi connectivity index (χ3n) is 1.44. The lowest BCUT2D eigenvalue weighted by atomic mass is 10.2. The van der Waals surface area contributed by atoms with Crippen LogP contribution in [0, 0.1) is 0 Å². The van der Waals surface area contributed by atoms with Gasteiger partial charge in [0.1, 0.15) is 0 Å². The fourth-order valence-corrected chi connectivity index (χ4v) is 0.976. The molecule has 1 heterocycles. The summed E-state index contributed by atoms with van der Waals surface area (Å²) in [5.41, 5.74) is -0.655. The Morgan fingerprint density at radius 3 is 2.54 bits per heavy atom. The number of nitrogens with zero attached hydrogens (tertiary/aromatic N) is 1. The van der Waals surface area contributed by atoms with Gasteiger partial charge in [0.05, 0.1) is 11.3 Å². The lowest BCUT2D eigenvalue weighted by Gasteiger charge is -2.08. The van der Waals surface area contributed by atoms with Crippen LogP contribution < -0.4 is 5.32 Å². The van der Waals surface area contributed by atoms with Gasteiger partial charge in [-0.2, -0.15) is 13.2 Å². The second kappa shape index (κ2) is 3.41.